The van der Waals surface area contributed by atoms with E-state index in [4.69, 9.17) is 21.1 Å². The second-order valence-electron chi connectivity index (χ2n) is 4.95. The number of H-pyrrole nitrogens is 1. The molecule has 5 nitrogen and oxygen atoms in total. The molecule has 1 N–H and O–H groups in total. The number of aromatic amines is 1. The van der Waals surface area contributed by atoms with Gasteiger partial charge in [0.1, 0.15) is 18.1 Å². The summed E-state index contributed by atoms with van der Waals surface area (Å²) in [6.45, 7) is 0.328. The third kappa shape index (κ3) is 4.66. The summed E-state index contributed by atoms with van der Waals surface area (Å²) in [6, 6.07) is 15.1. The van der Waals surface area contributed by atoms with Gasteiger partial charge in [0.05, 0.1) is 7.11 Å². The predicted octanol–water partition coefficient (Wildman–Crippen LogP) is 4.34. The van der Waals surface area contributed by atoms with Gasteiger partial charge in [0.25, 0.3) is 0 Å². The zero-order valence-electron chi connectivity index (χ0n) is 13.0. The van der Waals surface area contributed by atoms with E-state index >= 15 is 0 Å². The Balaban J connectivity index is 1.52. The highest BCUT2D eigenvalue weighted by atomic mass is 35.5. The van der Waals surface area contributed by atoms with Crippen LogP contribution in [0.5, 0.6) is 11.5 Å². The largest absolute Gasteiger partial charge is 0.497 e. The number of aromatic nitrogens is 3. The van der Waals surface area contributed by atoms with Crippen LogP contribution in [-0.4, -0.2) is 22.3 Å². The van der Waals surface area contributed by atoms with Crippen molar-refractivity contribution in [2.45, 2.75) is 17.5 Å². The van der Waals surface area contributed by atoms with E-state index < -0.39 is 0 Å². The van der Waals surface area contributed by atoms with Gasteiger partial charge in [-0.3, -0.25) is 5.10 Å². The molecule has 0 unspecified atom stereocenters. The Bertz CT molecular complexity index is 793. The fourth-order valence-corrected chi connectivity index (χ4v) is 2.89. The van der Waals surface area contributed by atoms with Crippen molar-refractivity contribution in [1.29, 1.82) is 0 Å². The summed E-state index contributed by atoms with van der Waals surface area (Å²) in [5.74, 6) is 3.03. The second kappa shape index (κ2) is 8.08. The maximum atomic E-state index is 5.84. The predicted molar refractivity (Wildman–Crippen MR) is 94.7 cm³/mol. The zero-order valence-corrected chi connectivity index (χ0v) is 14.6. The number of halogens is 1. The third-order valence-corrected chi connectivity index (χ3v) is 4.37. The van der Waals surface area contributed by atoms with Gasteiger partial charge < -0.3 is 9.47 Å². The minimum Gasteiger partial charge on any atom is -0.497 e. The molecule has 0 aliphatic rings. The van der Waals surface area contributed by atoms with E-state index in [1.165, 1.54) is 0 Å². The van der Waals surface area contributed by atoms with E-state index in [1.807, 2.05) is 36.4 Å². The molecule has 3 aromatic rings. The van der Waals surface area contributed by atoms with Crippen molar-refractivity contribution in [1.82, 2.24) is 15.2 Å². The highest BCUT2D eigenvalue weighted by Gasteiger charge is 2.06. The van der Waals surface area contributed by atoms with Crippen LogP contribution in [0.2, 0.25) is 5.02 Å². The molecule has 0 fully saturated rings. The van der Waals surface area contributed by atoms with Crippen LogP contribution in [0.1, 0.15) is 11.4 Å². The fourth-order valence-electron chi connectivity index (χ4n) is 2.00. The van der Waals surface area contributed by atoms with E-state index in [2.05, 4.69) is 15.2 Å². The van der Waals surface area contributed by atoms with Gasteiger partial charge >= 0.3 is 0 Å². The van der Waals surface area contributed by atoms with Crippen LogP contribution in [0.4, 0.5) is 0 Å². The molecule has 0 aliphatic carbocycles. The summed E-state index contributed by atoms with van der Waals surface area (Å²) in [5, 5.41) is 8.45. The van der Waals surface area contributed by atoms with Gasteiger partial charge in [-0.1, -0.05) is 35.5 Å². The van der Waals surface area contributed by atoms with E-state index in [9.17, 15) is 0 Å². The Kier molecular flexibility index (Phi) is 5.61. The van der Waals surface area contributed by atoms with Gasteiger partial charge in [-0.25, -0.2) is 4.98 Å². The van der Waals surface area contributed by atoms with Gasteiger partial charge in [-0.15, -0.1) is 5.10 Å². The molecule has 24 heavy (non-hydrogen) atoms. The van der Waals surface area contributed by atoms with Crippen LogP contribution in [-0.2, 0) is 12.4 Å². The topological polar surface area (TPSA) is 60.0 Å². The zero-order chi connectivity index (χ0) is 16.8. The van der Waals surface area contributed by atoms with Crippen LogP contribution >= 0.6 is 23.4 Å². The van der Waals surface area contributed by atoms with Crippen LogP contribution in [0.25, 0.3) is 0 Å². The standard InChI is InChI=1S/C17H16ClN3O2S/c1-22-15-4-2-3-12(9-15)11-24-17-19-16(20-21-17)10-23-14-7-5-13(18)6-8-14/h2-9H,10-11H2,1H3,(H,19,20,21). The van der Waals surface area contributed by atoms with E-state index in [1.54, 1.807) is 31.0 Å². The first-order valence-electron chi connectivity index (χ1n) is 7.28. The maximum Gasteiger partial charge on any atom is 0.208 e. The second-order valence-corrected chi connectivity index (χ2v) is 6.33. The molecule has 2 aromatic carbocycles. The molecule has 1 aromatic heterocycles. The highest BCUT2D eigenvalue weighted by Crippen LogP contribution is 2.22. The third-order valence-electron chi connectivity index (χ3n) is 3.20. The Morgan fingerprint density at radius 1 is 1.12 bits per heavy atom. The first-order chi connectivity index (χ1) is 11.7. The minimum atomic E-state index is 0.328. The quantitative estimate of drug-likeness (QED) is 0.634. The number of hydrogen-bond acceptors (Lipinski definition) is 5. The van der Waals surface area contributed by atoms with E-state index in [0.29, 0.717) is 22.6 Å². The summed E-state index contributed by atoms with van der Waals surface area (Å²) in [6.07, 6.45) is 0. The Morgan fingerprint density at radius 2 is 1.96 bits per heavy atom. The van der Waals surface area contributed by atoms with Crippen molar-refractivity contribution in [3.05, 3.63) is 64.9 Å². The van der Waals surface area contributed by atoms with Crippen LogP contribution < -0.4 is 9.47 Å². The number of nitrogens with zero attached hydrogens (tertiary/aromatic N) is 2. The van der Waals surface area contributed by atoms with Crippen LogP contribution in [0, 0.1) is 0 Å². The highest BCUT2D eigenvalue weighted by molar-refractivity contribution is 7.98. The van der Waals surface area contributed by atoms with E-state index in [-0.39, 0.29) is 0 Å². The first-order valence-corrected chi connectivity index (χ1v) is 8.64. The van der Waals surface area contributed by atoms with Crippen molar-refractivity contribution in [2.75, 3.05) is 7.11 Å². The van der Waals surface area contributed by atoms with Crippen molar-refractivity contribution >= 4 is 23.4 Å². The van der Waals surface area contributed by atoms with Gasteiger partial charge in [-0.05, 0) is 42.0 Å². The lowest BCUT2D eigenvalue weighted by molar-refractivity contribution is 0.296. The molecule has 0 atom stereocenters. The summed E-state index contributed by atoms with van der Waals surface area (Å²) < 4.78 is 10.9. The summed E-state index contributed by atoms with van der Waals surface area (Å²) in [4.78, 5) is 4.41. The molecule has 7 heteroatoms. The lowest BCUT2D eigenvalue weighted by Crippen LogP contribution is -1.97. The summed E-state index contributed by atoms with van der Waals surface area (Å²) in [7, 11) is 1.66. The molecule has 0 aliphatic heterocycles. The number of methoxy groups -OCH3 is 1. The molecule has 124 valence electrons. The molecule has 1 heterocycles. The van der Waals surface area contributed by atoms with Crippen LogP contribution in [0.3, 0.4) is 0 Å². The lowest BCUT2D eigenvalue weighted by atomic mass is 10.2. The number of nitrogens with one attached hydrogen (secondary N) is 1. The number of hydrogen-bond donors (Lipinski definition) is 1. The average molecular weight is 362 g/mol. The smallest absolute Gasteiger partial charge is 0.208 e. The molecular weight excluding hydrogens is 346 g/mol. The first kappa shape index (κ1) is 16.7. The molecule has 0 amide bonds. The fraction of sp³-hybridized carbons (Fsp3) is 0.176. The number of thioether (sulfide) groups is 1. The SMILES string of the molecule is COc1cccc(CSc2n[nH]c(COc3ccc(Cl)cc3)n2)c1. The molecule has 0 radical (unpaired) electrons. The molecular formula is C17H16ClN3O2S. The van der Waals surface area contributed by atoms with Crippen molar-refractivity contribution in [3.8, 4) is 11.5 Å². The average Bonchev–Trinajstić information content (AvgIpc) is 3.08. The molecule has 0 spiro atoms. The Morgan fingerprint density at radius 3 is 2.75 bits per heavy atom. The van der Waals surface area contributed by atoms with Crippen molar-refractivity contribution in [3.63, 3.8) is 0 Å². The summed E-state index contributed by atoms with van der Waals surface area (Å²) in [5.41, 5.74) is 1.16. The van der Waals surface area contributed by atoms with Gasteiger partial charge in [0.15, 0.2) is 5.82 Å². The molecule has 0 saturated heterocycles. The number of rotatable bonds is 7. The molecule has 0 bridgehead atoms. The van der Waals surface area contributed by atoms with Crippen molar-refractivity contribution < 1.29 is 9.47 Å². The van der Waals surface area contributed by atoms with Crippen molar-refractivity contribution in [2.24, 2.45) is 0 Å². The monoisotopic (exact) mass is 361 g/mol. The van der Waals surface area contributed by atoms with E-state index in [0.717, 1.165) is 22.8 Å². The number of benzene rings is 2. The minimum absolute atomic E-state index is 0.328. The lowest BCUT2D eigenvalue weighted by Gasteiger charge is -2.03. The summed E-state index contributed by atoms with van der Waals surface area (Å²) >= 11 is 7.40. The van der Waals surface area contributed by atoms with Gasteiger partial charge in [0.2, 0.25) is 5.16 Å². The van der Waals surface area contributed by atoms with Gasteiger partial charge in [-0.2, -0.15) is 0 Å². The number of ether oxygens (including phenoxy) is 2. The normalized spacial score (nSPS) is 10.6. The Labute approximate surface area is 149 Å². The maximum absolute atomic E-state index is 5.84. The molecule has 3 rings (SSSR count). The van der Waals surface area contributed by atoms with Crippen LogP contribution in [0.15, 0.2) is 53.7 Å². The molecule has 0 saturated carbocycles. The van der Waals surface area contributed by atoms with Gasteiger partial charge in [0, 0.05) is 10.8 Å². The Hall–Kier alpha value is -2.18.